The molecule has 0 fully saturated rings. The van der Waals surface area contributed by atoms with E-state index < -0.39 is 6.04 Å². The largest absolute Gasteiger partial charge is 0.395 e. The summed E-state index contributed by atoms with van der Waals surface area (Å²) in [4.78, 5) is 17.9. The van der Waals surface area contributed by atoms with Crippen LogP contribution in [0, 0.1) is 20.8 Å². The smallest absolute Gasteiger partial charge is 0.248 e. The molecule has 168 valence electrons. The van der Waals surface area contributed by atoms with E-state index in [1.54, 1.807) is 0 Å². The molecule has 0 aliphatic rings. The first-order valence-electron chi connectivity index (χ1n) is 11.2. The number of aryl methyl sites for hydroxylation is 3. The first-order valence-corrected chi connectivity index (χ1v) is 11.2. The standard InChI is InChI=1S/C28H34N2O2/c1-21-10-13-24(14-11-21)16-17-30(26-15-12-22(2)23(3)20-26)28(32)27(29(4)18-19-31)25-8-6-5-7-9-25/h5-15,20,27,31H,16-19H2,1-4H3. The van der Waals surface area contributed by atoms with Crippen molar-refractivity contribution in [3.63, 3.8) is 0 Å². The van der Waals surface area contributed by atoms with E-state index in [4.69, 9.17) is 0 Å². The minimum Gasteiger partial charge on any atom is -0.395 e. The molecule has 3 aromatic rings. The molecule has 3 rings (SSSR count). The second kappa shape index (κ2) is 11.1. The Morgan fingerprint density at radius 3 is 2.19 bits per heavy atom. The van der Waals surface area contributed by atoms with Gasteiger partial charge in [-0.1, -0.05) is 66.2 Å². The second-order valence-corrected chi connectivity index (χ2v) is 8.51. The van der Waals surface area contributed by atoms with Gasteiger partial charge in [-0.3, -0.25) is 9.69 Å². The number of carbonyl (C=O) groups is 1. The molecule has 3 aromatic carbocycles. The number of rotatable bonds is 9. The van der Waals surface area contributed by atoms with E-state index in [1.165, 1.54) is 16.7 Å². The van der Waals surface area contributed by atoms with Crippen molar-refractivity contribution in [2.45, 2.75) is 33.2 Å². The van der Waals surface area contributed by atoms with E-state index in [2.05, 4.69) is 57.2 Å². The number of hydrogen-bond acceptors (Lipinski definition) is 3. The van der Waals surface area contributed by atoms with Crippen molar-refractivity contribution in [3.8, 4) is 0 Å². The minimum absolute atomic E-state index is 0.000119. The molecule has 0 radical (unpaired) electrons. The van der Waals surface area contributed by atoms with Crippen molar-refractivity contribution >= 4 is 11.6 Å². The monoisotopic (exact) mass is 430 g/mol. The van der Waals surface area contributed by atoms with Gasteiger partial charge < -0.3 is 10.0 Å². The Kier molecular flexibility index (Phi) is 8.20. The Balaban J connectivity index is 1.97. The summed E-state index contributed by atoms with van der Waals surface area (Å²) >= 11 is 0. The van der Waals surface area contributed by atoms with Gasteiger partial charge in [0.25, 0.3) is 0 Å². The predicted octanol–water partition coefficient (Wildman–Crippen LogP) is 4.85. The molecular weight excluding hydrogens is 396 g/mol. The third-order valence-corrected chi connectivity index (χ3v) is 6.06. The topological polar surface area (TPSA) is 43.8 Å². The number of likely N-dealkylation sites (N-methyl/N-ethyl adjacent to an activating group) is 1. The molecule has 0 aromatic heterocycles. The fourth-order valence-corrected chi connectivity index (χ4v) is 3.91. The summed E-state index contributed by atoms with van der Waals surface area (Å²) in [5, 5.41) is 9.54. The van der Waals surface area contributed by atoms with E-state index in [-0.39, 0.29) is 12.5 Å². The summed E-state index contributed by atoms with van der Waals surface area (Å²) < 4.78 is 0. The maximum absolute atomic E-state index is 14.0. The maximum Gasteiger partial charge on any atom is 0.248 e. The van der Waals surface area contributed by atoms with Gasteiger partial charge in [0.05, 0.1) is 6.61 Å². The SMILES string of the molecule is Cc1ccc(CCN(C(=O)C(c2ccccc2)N(C)CCO)c2ccc(C)c(C)c2)cc1. The number of anilines is 1. The first-order chi connectivity index (χ1) is 15.4. The lowest BCUT2D eigenvalue weighted by Gasteiger charge is -2.33. The molecule has 1 N–H and O–H groups in total. The van der Waals surface area contributed by atoms with Crippen LogP contribution in [-0.2, 0) is 11.2 Å². The van der Waals surface area contributed by atoms with E-state index in [0.717, 1.165) is 23.2 Å². The summed E-state index contributed by atoms with van der Waals surface area (Å²) in [6.45, 7) is 7.24. The lowest BCUT2D eigenvalue weighted by Crippen LogP contribution is -2.43. The summed E-state index contributed by atoms with van der Waals surface area (Å²) in [7, 11) is 1.89. The van der Waals surface area contributed by atoms with Gasteiger partial charge in [-0.05, 0) is 68.6 Å². The number of hydrogen-bond donors (Lipinski definition) is 1. The van der Waals surface area contributed by atoms with Crippen LogP contribution >= 0.6 is 0 Å². The van der Waals surface area contributed by atoms with E-state index in [1.807, 2.05) is 53.2 Å². The predicted molar refractivity (Wildman–Crippen MR) is 132 cm³/mol. The third kappa shape index (κ3) is 5.84. The maximum atomic E-state index is 14.0. The molecule has 0 saturated carbocycles. The number of amides is 1. The zero-order chi connectivity index (χ0) is 23.1. The van der Waals surface area contributed by atoms with Crippen LogP contribution in [0.2, 0.25) is 0 Å². The molecule has 32 heavy (non-hydrogen) atoms. The molecule has 0 aliphatic carbocycles. The molecule has 0 aliphatic heterocycles. The van der Waals surface area contributed by atoms with Gasteiger partial charge in [-0.25, -0.2) is 0 Å². The van der Waals surface area contributed by atoms with Crippen molar-refractivity contribution < 1.29 is 9.90 Å². The Labute approximate surface area is 192 Å². The van der Waals surface area contributed by atoms with Gasteiger partial charge in [-0.15, -0.1) is 0 Å². The Hall–Kier alpha value is -2.95. The molecule has 0 heterocycles. The Morgan fingerprint density at radius 2 is 1.56 bits per heavy atom. The fourth-order valence-electron chi connectivity index (χ4n) is 3.91. The highest BCUT2D eigenvalue weighted by molar-refractivity contribution is 5.98. The summed E-state index contributed by atoms with van der Waals surface area (Å²) in [5.74, 6) is 0.0162. The molecule has 1 atom stereocenters. The average Bonchev–Trinajstić information content (AvgIpc) is 2.78. The van der Waals surface area contributed by atoms with E-state index in [0.29, 0.717) is 13.1 Å². The van der Waals surface area contributed by atoms with E-state index in [9.17, 15) is 9.90 Å². The van der Waals surface area contributed by atoms with Crippen LogP contribution in [0.1, 0.15) is 33.9 Å². The first kappa shape index (κ1) is 23.7. The molecule has 1 amide bonds. The fraction of sp³-hybridized carbons (Fsp3) is 0.321. The molecule has 0 saturated heterocycles. The molecular formula is C28H34N2O2. The van der Waals surface area contributed by atoms with Gasteiger partial charge >= 0.3 is 0 Å². The van der Waals surface area contributed by atoms with Crippen molar-refractivity contribution in [3.05, 3.63) is 101 Å². The van der Waals surface area contributed by atoms with Crippen LogP contribution in [-0.4, -0.2) is 42.7 Å². The molecule has 0 bridgehead atoms. The average molecular weight is 431 g/mol. The highest BCUT2D eigenvalue weighted by atomic mass is 16.3. The zero-order valence-corrected chi connectivity index (χ0v) is 19.6. The van der Waals surface area contributed by atoms with Crippen LogP contribution in [0.3, 0.4) is 0 Å². The molecule has 1 unspecified atom stereocenters. The van der Waals surface area contributed by atoms with Crippen molar-refractivity contribution in [1.82, 2.24) is 4.90 Å². The van der Waals surface area contributed by atoms with Crippen LogP contribution in [0.15, 0.2) is 72.8 Å². The Bertz CT molecular complexity index is 1020. The molecule has 4 heteroatoms. The van der Waals surface area contributed by atoms with Crippen LogP contribution in [0.5, 0.6) is 0 Å². The summed E-state index contributed by atoms with van der Waals surface area (Å²) in [6.07, 6.45) is 0.768. The van der Waals surface area contributed by atoms with Crippen molar-refractivity contribution in [2.24, 2.45) is 0 Å². The van der Waals surface area contributed by atoms with Gasteiger partial charge in [0.15, 0.2) is 0 Å². The van der Waals surface area contributed by atoms with Gasteiger partial charge in [0.1, 0.15) is 6.04 Å². The highest BCUT2D eigenvalue weighted by Gasteiger charge is 2.30. The van der Waals surface area contributed by atoms with Crippen LogP contribution in [0.4, 0.5) is 5.69 Å². The van der Waals surface area contributed by atoms with Crippen molar-refractivity contribution in [1.29, 1.82) is 0 Å². The number of nitrogens with zero attached hydrogens (tertiary/aromatic N) is 2. The van der Waals surface area contributed by atoms with Crippen LogP contribution in [0.25, 0.3) is 0 Å². The normalized spacial score (nSPS) is 12.1. The van der Waals surface area contributed by atoms with Gasteiger partial charge in [0, 0.05) is 18.8 Å². The lowest BCUT2D eigenvalue weighted by molar-refractivity contribution is -0.123. The zero-order valence-electron chi connectivity index (χ0n) is 19.6. The number of aliphatic hydroxyl groups is 1. The highest BCUT2D eigenvalue weighted by Crippen LogP contribution is 2.27. The second-order valence-electron chi connectivity index (χ2n) is 8.51. The van der Waals surface area contributed by atoms with Crippen molar-refractivity contribution in [2.75, 3.05) is 31.6 Å². The molecule has 0 spiro atoms. The summed E-state index contributed by atoms with van der Waals surface area (Å²) in [5.41, 5.74) is 6.64. The van der Waals surface area contributed by atoms with Crippen LogP contribution < -0.4 is 4.90 Å². The minimum atomic E-state index is -0.469. The van der Waals surface area contributed by atoms with E-state index >= 15 is 0 Å². The quantitative estimate of drug-likeness (QED) is 0.528. The number of carbonyl (C=O) groups excluding carboxylic acids is 1. The van der Waals surface area contributed by atoms with Gasteiger partial charge in [0.2, 0.25) is 5.91 Å². The lowest BCUT2D eigenvalue weighted by atomic mass is 10.0. The summed E-state index contributed by atoms with van der Waals surface area (Å²) in [6, 6.07) is 24.0. The number of benzene rings is 3. The molecule has 4 nitrogen and oxygen atoms in total. The van der Waals surface area contributed by atoms with Gasteiger partial charge in [-0.2, -0.15) is 0 Å². The third-order valence-electron chi connectivity index (χ3n) is 6.06. The Morgan fingerprint density at radius 1 is 0.875 bits per heavy atom. The number of aliphatic hydroxyl groups excluding tert-OH is 1.